The van der Waals surface area contributed by atoms with Crippen LogP contribution in [0.15, 0.2) is 5.18 Å². The summed E-state index contributed by atoms with van der Waals surface area (Å²) < 4.78 is 0. The predicted molar refractivity (Wildman–Crippen MR) is 39.8 cm³/mol. The number of fused-ring (bicyclic) bond motifs is 2. The second-order valence-corrected chi connectivity index (χ2v) is 4.14. The lowest BCUT2D eigenvalue weighted by Crippen LogP contribution is -2.25. The summed E-state index contributed by atoms with van der Waals surface area (Å²) in [7, 11) is 0. The van der Waals surface area contributed by atoms with Gasteiger partial charge in [-0.25, -0.2) is 0 Å². The Labute approximate surface area is 64.9 Å². The molecule has 3 atom stereocenters. The normalized spacial score (nSPS) is 51.7. The van der Waals surface area contributed by atoms with Crippen molar-refractivity contribution < 1.29 is 0 Å². The first-order valence-corrected chi connectivity index (χ1v) is 4.16. The standard InChI is InChI=1S/C7H10ClNO/c8-7(9-10)4-5-1-2-6(7)3-5/h5-6H,1-4H2/t5-,6-,7-/m0/s1. The van der Waals surface area contributed by atoms with E-state index in [4.69, 9.17) is 11.6 Å². The Hall–Kier alpha value is -0.110. The summed E-state index contributed by atoms with van der Waals surface area (Å²) in [5.74, 6) is 1.08. The third-order valence-corrected chi connectivity index (χ3v) is 3.43. The summed E-state index contributed by atoms with van der Waals surface area (Å²) in [6, 6.07) is 0. The first-order chi connectivity index (χ1) is 4.74. The highest BCUT2D eigenvalue weighted by atomic mass is 35.5. The van der Waals surface area contributed by atoms with E-state index in [1.807, 2.05) is 0 Å². The van der Waals surface area contributed by atoms with Gasteiger partial charge in [0.1, 0.15) is 0 Å². The molecule has 56 valence electrons. The molecule has 10 heavy (non-hydrogen) atoms. The maximum absolute atomic E-state index is 10.3. The van der Waals surface area contributed by atoms with Crippen molar-refractivity contribution in [1.29, 1.82) is 0 Å². The average Bonchev–Trinajstić information content (AvgIpc) is 2.46. The Morgan fingerprint density at radius 1 is 1.50 bits per heavy atom. The van der Waals surface area contributed by atoms with E-state index in [9.17, 15) is 4.91 Å². The van der Waals surface area contributed by atoms with E-state index in [1.165, 1.54) is 6.42 Å². The quantitative estimate of drug-likeness (QED) is 0.328. The molecule has 0 radical (unpaired) electrons. The van der Waals surface area contributed by atoms with E-state index in [0.29, 0.717) is 11.8 Å². The fourth-order valence-electron chi connectivity index (χ4n) is 2.35. The van der Waals surface area contributed by atoms with Crippen LogP contribution in [0.5, 0.6) is 0 Å². The highest BCUT2D eigenvalue weighted by molar-refractivity contribution is 6.24. The van der Waals surface area contributed by atoms with Gasteiger partial charge in [-0.2, -0.15) is 0 Å². The molecule has 2 rings (SSSR count). The van der Waals surface area contributed by atoms with Crippen molar-refractivity contribution >= 4 is 11.6 Å². The van der Waals surface area contributed by atoms with Crippen molar-refractivity contribution in [2.75, 3.05) is 0 Å². The zero-order valence-corrected chi connectivity index (χ0v) is 6.47. The van der Waals surface area contributed by atoms with Crippen LogP contribution in [0, 0.1) is 16.7 Å². The Balaban J connectivity index is 2.21. The molecule has 2 aliphatic rings. The monoisotopic (exact) mass is 159 g/mol. The molecule has 2 aliphatic carbocycles. The van der Waals surface area contributed by atoms with E-state index >= 15 is 0 Å². The van der Waals surface area contributed by atoms with Crippen molar-refractivity contribution in [3.8, 4) is 0 Å². The van der Waals surface area contributed by atoms with Gasteiger partial charge in [0.15, 0.2) is 5.00 Å². The number of hydrogen-bond donors (Lipinski definition) is 0. The van der Waals surface area contributed by atoms with Crippen molar-refractivity contribution in [2.24, 2.45) is 17.0 Å². The Morgan fingerprint density at radius 3 is 2.60 bits per heavy atom. The summed E-state index contributed by atoms with van der Waals surface area (Å²) in [6.07, 6.45) is 4.33. The van der Waals surface area contributed by atoms with Gasteiger partial charge in [0.25, 0.3) is 0 Å². The first-order valence-electron chi connectivity index (χ1n) is 3.78. The van der Waals surface area contributed by atoms with Crippen molar-refractivity contribution in [2.45, 2.75) is 30.7 Å². The van der Waals surface area contributed by atoms with Crippen LogP contribution in [0.2, 0.25) is 0 Å². The summed E-state index contributed by atoms with van der Waals surface area (Å²) in [4.78, 5) is 9.63. The largest absolute Gasteiger partial charge is 0.178 e. The Bertz CT molecular complexity index is 173. The van der Waals surface area contributed by atoms with Gasteiger partial charge in [-0.15, -0.1) is 4.91 Å². The van der Waals surface area contributed by atoms with Gasteiger partial charge in [-0.05, 0) is 36.8 Å². The van der Waals surface area contributed by atoms with Gasteiger partial charge in [0.2, 0.25) is 0 Å². The molecule has 0 aromatic heterocycles. The number of nitroso groups, excluding NO2 is 1. The fourth-order valence-corrected chi connectivity index (χ4v) is 2.76. The molecule has 0 unspecified atom stereocenters. The molecule has 0 aromatic rings. The molecule has 2 saturated carbocycles. The van der Waals surface area contributed by atoms with Crippen molar-refractivity contribution in [3.63, 3.8) is 0 Å². The molecule has 2 nitrogen and oxygen atoms in total. The minimum Gasteiger partial charge on any atom is -0.149 e. The second kappa shape index (κ2) is 1.94. The number of nitrogens with zero attached hydrogens (tertiary/aromatic N) is 1. The minimum atomic E-state index is -0.705. The first kappa shape index (κ1) is 6.59. The van der Waals surface area contributed by atoms with Gasteiger partial charge in [0.05, 0.1) is 0 Å². The van der Waals surface area contributed by atoms with Crippen LogP contribution in [-0.4, -0.2) is 5.00 Å². The van der Waals surface area contributed by atoms with Gasteiger partial charge in [0, 0.05) is 5.92 Å². The number of halogens is 1. The molecule has 0 spiro atoms. The molecule has 0 saturated heterocycles. The lowest BCUT2D eigenvalue weighted by Gasteiger charge is -2.22. The van der Waals surface area contributed by atoms with Crippen LogP contribution < -0.4 is 0 Å². The SMILES string of the molecule is O=N[C@@]1(Cl)C[C@H]2CC[C@H]1C2. The fraction of sp³-hybridized carbons (Fsp3) is 1.00. The molecule has 0 aliphatic heterocycles. The lowest BCUT2D eigenvalue weighted by atomic mass is 9.95. The number of alkyl halides is 1. The van der Waals surface area contributed by atoms with Gasteiger partial charge < -0.3 is 0 Å². The molecule has 0 amide bonds. The lowest BCUT2D eigenvalue weighted by molar-refractivity contribution is 0.375. The Morgan fingerprint density at radius 2 is 2.30 bits per heavy atom. The molecular weight excluding hydrogens is 150 g/mol. The second-order valence-electron chi connectivity index (χ2n) is 3.49. The summed E-state index contributed by atoms with van der Waals surface area (Å²) in [5, 5.41) is 3.02. The van der Waals surface area contributed by atoms with Crippen LogP contribution in [-0.2, 0) is 0 Å². The maximum Gasteiger partial charge on any atom is 0.178 e. The molecule has 3 heteroatoms. The highest BCUT2D eigenvalue weighted by Gasteiger charge is 2.51. The van der Waals surface area contributed by atoms with Crippen LogP contribution in [0.1, 0.15) is 25.7 Å². The van der Waals surface area contributed by atoms with Crippen LogP contribution in [0.25, 0.3) is 0 Å². The summed E-state index contributed by atoms with van der Waals surface area (Å²) >= 11 is 5.97. The molecule has 0 N–H and O–H groups in total. The van der Waals surface area contributed by atoms with Gasteiger partial charge >= 0.3 is 0 Å². The van der Waals surface area contributed by atoms with E-state index < -0.39 is 5.00 Å². The summed E-state index contributed by atoms with van der Waals surface area (Å²) in [5.41, 5.74) is 0. The van der Waals surface area contributed by atoms with E-state index in [-0.39, 0.29) is 0 Å². The van der Waals surface area contributed by atoms with E-state index in [1.54, 1.807) is 0 Å². The molecule has 2 fully saturated rings. The molecule has 0 aromatic carbocycles. The number of hydrogen-bond acceptors (Lipinski definition) is 2. The smallest absolute Gasteiger partial charge is 0.149 e. The third-order valence-electron chi connectivity index (χ3n) is 2.89. The average molecular weight is 160 g/mol. The molecular formula is C7H10ClNO. The predicted octanol–water partition coefficient (Wildman–Crippen LogP) is 2.51. The molecule has 0 heterocycles. The zero-order valence-electron chi connectivity index (χ0n) is 5.72. The topological polar surface area (TPSA) is 29.4 Å². The minimum absolute atomic E-state index is 0.386. The Kier molecular flexibility index (Phi) is 1.28. The number of rotatable bonds is 1. The maximum atomic E-state index is 10.3. The zero-order chi connectivity index (χ0) is 7.19. The van der Waals surface area contributed by atoms with Crippen molar-refractivity contribution in [3.05, 3.63) is 4.91 Å². The third kappa shape index (κ3) is 0.715. The van der Waals surface area contributed by atoms with Crippen LogP contribution in [0.4, 0.5) is 0 Å². The van der Waals surface area contributed by atoms with E-state index in [0.717, 1.165) is 19.3 Å². The van der Waals surface area contributed by atoms with Crippen molar-refractivity contribution in [1.82, 2.24) is 0 Å². The van der Waals surface area contributed by atoms with Crippen LogP contribution in [0.3, 0.4) is 0 Å². The van der Waals surface area contributed by atoms with Gasteiger partial charge in [-0.3, -0.25) is 0 Å². The highest BCUT2D eigenvalue weighted by Crippen LogP contribution is 2.54. The van der Waals surface area contributed by atoms with Gasteiger partial charge in [-0.1, -0.05) is 11.6 Å². The molecule has 2 bridgehead atoms. The van der Waals surface area contributed by atoms with E-state index in [2.05, 4.69) is 5.18 Å². The summed E-state index contributed by atoms with van der Waals surface area (Å²) in [6.45, 7) is 0. The van der Waals surface area contributed by atoms with Crippen LogP contribution >= 0.6 is 11.6 Å².